The second kappa shape index (κ2) is 8.80. The summed E-state index contributed by atoms with van der Waals surface area (Å²) in [4.78, 5) is 35.4. The molecule has 138 valence electrons. The minimum atomic E-state index is -0.437. The Morgan fingerprint density at radius 3 is 2.54 bits per heavy atom. The Morgan fingerprint density at radius 2 is 1.92 bits per heavy atom. The van der Waals surface area contributed by atoms with E-state index in [-0.39, 0.29) is 35.4 Å². The van der Waals surface area contributed by atoms with Crippen LogP contribution in [0.15, 0.2) is 28.8 Å². The van der Waals surface area contributed by atoms with Gasteiger partial charge in [0.2, 0.25) is 5.91 Å². The Labute approximate surface area is 150 Å². The molecule has 26 heavy (non-hydrogen) atoms. The summed E-state index contributed by atoms with van der Waals surface area (Å²) in [6.07, 6.45) is 1.13. The van der Waals surface area contributed by atoms with Crippen molar-refractivity contribution in [1.29, 1.82) is 0 Å². The molecule has 0 saturated heterocycles. The fourth-order valence-corrected chi connectivity index (χ4v) is 2.21. The van der Waals surface area contributed by atoms with Crippen LogP contribution < -0.4 is 15.4 Å². The van der Waals surface area contributed by atoms with Gasteiger partial charge in [0.15, 0.2) is 18.2 Å². The molecule has 2 aromatic rings. The lowest BCUT2D eigenvalue weighted by atomic mass is 10.1. The Bertz CT molecular complexity index is 813. The molecule has 1 aromatic heterocycles. The summed E-state index contributed by atoms with van der Waals surface area (Å²) in [5, 5.41) is 8.90. The van der Waals surface area contributed by atoms with Gasteiger partial charge in [-0.1, -0.05) is 12.1 Å². The number of ketones is 1. The normalized spacial score (nSPS) is 10.3. The number of hydrogen-bond acceptors (Lipinski definition) is 6. The molecule has 0 atom stereocenters. The zero-order valence-corrected chi connectivity index (χ0v) is 14.9. The van der Waals surface area contributed by atoms with Crippen LogP contribution in [0.4, 0.5) is 11.5 Å². The van der Waals surface area contributed by atoms with Crippen LogP contribution in [0.5, 0.6) is 5.75 Å². The van der Waals surface area contributed by atoms with Gasteiger partial charge in [0, 0.05) is 18.2 Å². The number of rotatable bonds is 8. The highest BCUT2D eigenvalue weighted by Gasteiger charge is 2.13. The van der Waals surface area contributed by atoms with Gasteiger partial charge in [-0.15, -0.1) is 0 Å². The first-order chi connectivity index (χ1) is 12.4. The fourth-order valence-electron chi connectivity index (χ4n) is 2.21. The first kappa shape index (κ1) is 19.2. The van der Waals surface area contributed by atoms with E-state index in [1.54, 1.807) is 25.1 Å². The zero-order valence-electron chi connectivity index (χ0n) is 14.9. The number of nitrogens with zero attached hydrogens (tertiary/aromatic N) is 1. The number of Topliss-reactive ketones (excluding diaryl/α,β-unsaturated/α-hetero) is 1. The monoisotopic (exact) mass is 359 g/mol. The summed E-state index contributed by atoms with van der Waals surface area (Å²) < 4.78 is 10.3. The van der Waals surface area contributed by atoms with E-state index >= 15 is 0 Å². The predicted octanol–water partition coefficient (Wildman–Crippen LogP) is 2.94. The summed E-state index contributed by atoms with van der Waals surface area (Å²) in [7, 11) is 0. The van der Waals surface area contributed by atoms with Gasteiger partial charge >= 0.3 is 0 Å². The molecule has 0 aliphatic carbocycles. The molecule has 0 unspecified atom stereocenters. The number of nitrogens with one attached hydrogen (secondary N) is 2. The highest BCUT2D eigenvalue weighted by molar-refractivity contribution is 5.99. The van der Waals surface area contributed by atoms with Crippen LogP contribution in [-0.4, -0.2) is 29.4 Å². The van der Waals surface area contributed by atoms with Crippen molar-refractivity contribution >= 4 is 29.1 Å². The molecule has 0 aliphatic heterocycles. The molecule has 8 heteroatoms. The molecule has 2 amide bonds. The second-order valence-corrected chi connectivity index (χ2v) is 5.72. The number of aryl methyl sites for hydroxylation is 1. The lowest BCUT2D eigenvalue weighted by Gasteiger charge is -2.12. The third kappa shape index (κ3) is 5.44. The summed E-state index contributed by atoms with van der Waals surface area (Å²) in [6, 6.07) is 6.27. The molecule has 1 heterocycles. The minimum absolute atomic E-state index is 0.127. The van der Waals surface area contributed by atoms with Crippen LogP contribution in [0.3, 0.4) is 0 Å². The maximum absolute atomic E-state index is 11.9. The van der Waals surface area contributed by atoms with Gasteiger partial charge in [-0.3, -0.25) is 14.4 Å². The van der Waals surface area contributed by atoms with Crippen molar-refractivity contribution in [2.24, 2.45) is 0 Å². The molecular formula is C18H21N3O5. The Morgan fingerprint density at radius 1 is 1.15 bits per heavy atom. The molecule has 0 bridgehead atoms. The molecule has 0 spiro atoms. The lowest BCUT2D eigenvalue weighted by molar-refractivity contribution is -0.118. The summed E-state index contributed by atoms with van der Waals surface area (Å²) in [5.74, 6) is 0.320. The molecule has 8 nitrogen and oxygen atoms in total. The molecule has 0 saturated carbocycles. The standard InChI is InChI=1S/C18H21N3O5/c1-4-5-17(23)19-13-6-7-15(14(9-13)12(3)22)25-10-18(24)20-16-8-11(2)26-21-16/h6-9H,4-5,10H2,1-3H3,(H,19,23)(H,20,21,24). The van der Waals surface area contributed by atoms with Crippen LogP contribution in [-0.2, 0) is 9.59 Å². The smallest absolute Gasteiger partial charge is 0.263 e. The largest absolute Gasteiger partial charge is 0.483 e. The zero-order chi connectivity index (χ0) is 19.1. The van der Waals surface area contributed by atoms with E-state index in [9.17, 15) is 14.4 Å². The van der Waals surface area contributed by atoms with Crippen LogP contribution in [0.25, 0.3) is 0 Å². The van der Waals surface area contributed by atoms with Gasteiger partial charge in [0.05, 0.1) is 5.56 Å². The van der Waals surface area contributed by atoms with Crippen LogP contribution >= 0.6 is 0 Å². The number of hydrogen-bond donors (Lipinski definition) is 2. The van der Waals surface area contributed by atoms with Gasteiger partial charge < -0.3 is 19.9 Å². The summed E-state index contributed by atoms with van der Waals surface area (Å²) in [5.41, 5.74) is 0.785. The predicted molar refractivity (Wildman–Crippen MR) is 95.3 cm³/mol. The first-order valence-corrected chi connectivity index (χ1v) is 8.20. The van der Waals surface area contributed by atoms with Crippen LogP contribution in [0, 0.1) is 6.92 Å². The van der Waals surface area contributed by atoms with E-state index in [0.717, 1.165) is 6.42 Å². The Balaban J connectivity index is 2.02. The molecule has 0 radical (unpaired) electrons. The lowest BCUT2D eigenvalue weighted by Crippen LogP contribution is -2.21. The van der Waals surface area contributed by atoms with E-state index in [1.165, 1.54) is 13.0 Å². The summed E-state index contributed by atoms with van der Waals surface area (Å²) >= 11 is 0. The number of carbonyl (C=O) groups excluding carboxylic acids is 3. The fraction of sp³-hybridized carbons (Fsp3) is 0.333. The molecule has 2 N–H and O–H groups in total. The highest BCUT2D eigenvalue weighted by Crippen LogP contribution is 2.24. The van der Waals surface area contributed by atoms with Crippen molar-refractivity contribution in [2.45, 2.75) is 33.6 Å². The average molecular weight is 359 g/mol. The van der Waals surface area contributed by atoms with E-state index in [1.807, 2.05) is 6.92 Å². The van der Waals surface area contributed by atoms with E-state index in [2.05, 4.69) is 15.8 Å². The Hall–Kier alpha value is -3.16. The minimum Gasteiger partial charge on any atom is -0.483 e. The number of aromatic nitrogens is 1. The van der Waals surface area contributed by atoms with Crippen molar-refractivity contribution in [2.75, 3.05) is 17.2 Å². The van der Waals surface area contributed by atoms with Crippen molar-refractivity contribution in [3.63, 3.8) is 0 Å². The molecule has 0 fully saturated rings. The van der Waals surface area contributed by atoms with Crippen LogP contribution in [0.1, 0.15) is 42.8 Å². The third-order valence-corrected chi connectivity index (χ3v) is 3.37. The number of anilines is 2. The third-order valence-electron chi connectivity index (χ3n) is 3.37. The molecule has 0 aliphatic rings. The molecule has 2 rings (SSSR count). The maximum atomic E-state index is 11.9. The van der Waals surface area contributed by atoms with Crippen molar-refractivity contribution < 1.29 is 23.6 Å². The van der Waals surface area contributed by atoms with E-state index in [4.69, 9.17) is 9.26 Å². The van der Waals surface area contributed by atoms with Crippen molar-refractivity contribution in [3.05, 3.63) is 35.6 Å². The number of carbonyl (C=O) groups is 3. The first-order valence-electron chi connectivity index (χ1n) is 8.20. The maximum Gasteiger partial charge on any atom is 0.263 e. The highest BCUT2D eigenvalue weighted by atomic mass is 16.5. The molecule has 1 aromatic carbocycles. The van der Waals surface area contributed by atoms with Crippen LogP contribution in [0.2, 0.25) is 0 Å². The quantitative estimate of drug-likeness (QED) is 0.701. The van der Waals surface area contributed by atoms with Crippen molar-refractivity contribution in [3.8, 4) is 5.75 Å². The van der Waals surface area contributed by atoms with Gasteiger partial charge in [0.25, 0.3) is 5.91 Å². The number of benzene rings is 1. The second-order valence-electron chi connectivity index (χ2n) is 5.72. The summed E-state index contributed by atoms with van der Waals surface area (Å²) in [6.45, 7) is 4.70. The van der Waals surface area contributed by atoms with E-state index < -0.39 is 5.91 Å². The molecular weight excluding hydrogens is 338 g/mol. The average Bonchev–Trinajstić information content (AvgIpc) is 2.98. The van der Waals surface area contributed by atoms with Gasteiger partial charge in [-0.05, 0) is 38.5 Å². The van der Waals surface area contributed by atoms with Crippen molar-refractivity contribution in [1.82, 2.24) is 5.16 Å². The number of ether oxygens (including phenoxy) is 1. The Kier molecular flexibility index (Phi) is 6.48. The van der Waals surface area contributed by atoms with Gasteiger partial charge in [-0.2, -0.15) is 0 Å². The number of amides is 2. The topological polar surface area (TPSA) is 111 Å². The van der Waals surface area contributed by atoms with Gasteiger partial charge in [0.1, 0.15) is 11.5 Å². The van der Waals surface area contributed by atoms with E-state index in [0.29, 0.717) is 17.9 Å². The SMILES string of the molecule is CCCC(=O)Nc1ccc(OCC(=O)Nc2cc(C)on2)c(C(C)=O)c1. The van der Waals surface area contributed by atoms with Gasteiger partial charge in [-0.25, -0.2) is 0 Å².